The van der Waals surface area contributed by atoms with Crippen molar-refractivity contribution in [3.63, 3.8) is 0 Å². The number of carbonyl (C=O) groups is 2. The third-order valence-electron chi connectivity index (χ3n) is 7.81. The number of Topliss-reactive ketones (excluding diaryl/α,β-unsaturated/α-hetero) is 1. The summed E-state index contributed by atoms with van der Waals surface area (Å²) >= 11 is 2.15. The first-order valence-corrected chi connectivity index (χ1v) is 13.4. The van der Waals surface area contributed by atoms with E-state index in [0.29, 0.717) is 47.0 Å². The van der Waals surface area contributed by atoms with Gasteiger partial charge in [0.25, 0.3) is 0 Å². The standard InChI is InChI=1S/C25H29NO3.CH3I/c1-15-8-21(24(28)17-6-4-3-5-7-17)26(2)23(15)22(27)11-20-18-9-16-10-19(20)14-25(29,12-16)13-18;1-2/h3-8,16,18-20,29H,9-14H2,1-2H3;1H3. The number of alkyl halides is 1. The number of aromatic nitrogens is 1. The quantitative estimate of drug-likeness (QED) is 0.319. The largest absolute Gasteiger partial charge is 0.390 e. The van der Waals surface area contributed by atoms with E-state index in [4.69, 9.17) is 0 Å². The van der Waals surface area contributed by atoms with Gasteiger partial charge in [0, 0.05) is 19.0 Å². The van der Waals surface area contributed by atoms with E-state index in [2.05, 4.69) is 22.6 Å². The molecule has 1 aromatic heterocycles. The van der Waals surface area contributed by atoms with Gasteiger partial charge < -0.3 is 9.67 Å². The average Bonchev–Trinajstić information content (AvgIpc) is 3.05. The summed E-state index contributed by atoms with van der Waals surface area (Å²) in [5, 5.41) is 10.8. The lowest BCUT2D eigenvalue weighted by Gasteiger charge is -2.58. The lowest BCUT2D eigenvalue weighted by molar-refractivity contribution is -0.151. The first-order valence-electron chi connectivity index (χ1n) is 11.2. The van der Waals surface area contributed by atoms with Crippen LogP contribution in [0.15, 0.2) is 36.4 Å². The highest BCUT2D eigenvalue weighted by Gasteiger charge is 2.54. The van der Waals surface area contributed by atoms with Gasteiger partial charge in [-0.1, -0.05) is 52.9 Å². The lowest BCUT2D eigenvalue weighted by atomic mass is 9.49. The van der Waals surface area contributed by atoms with Crippen LogP contribution in [-0.2, 0) is 7.05 Å². The van der Waals surface area contributed by atoms with E-state index in [1.165, 1.54) is 12.8 Å². The number of benzene rings is 1. The van der Waals surface area contributed by atoms with E-state index in [-0.39, 0.29) is 11.6 Å². The maximum Gasteiger partial charge on any atom is 0.209 e. The minimum atomic E-state index is -0.466. The molecule has 0 aliphatic heterocycles. The summed E-state index contributed by atoms with van der Waals surface area (Å²) in [5.41, 5.74) is 2.28. The molecule has 2 unspecified atom stereocenters. The second-order valence-electron chi connectivity index (χ2n) is 9.80. The van der Waals surface area contributed by atoms with Gasteiger partial charge in [0.05, 0.1) is 17.0 Å². The number of hydrogen-bond donors (Lipinski definition) is 1. The third-order valence-corrected chi connectivity index (χ3v) is 7.81. The number of halogens is 1. The van der Waals surface area contributed by atoms with Crippen molar-refractivity contribution >= 4 is 34.2 Å². The number of ketones is 2. The molecule has 4 bridgehead atoms. The fraction of sp³-hybridized carbons (Fsp3) is 0.538. The van der Waals surface area contributed by atoms with Crippen LogP contribution < -0.4 is 0 Å². The van der Waals surface area contributed by atoms with E-state index in [1.807, 2.05) is 55.3 Å². The Hall–Kier alpha value is -1.47. The van der Waals surface area contributed by atoms with Gasteiger partial charge in [-0.3, -0.25) is 9.59 Å². The van der Waals surface area contributed by atoms with Crippen LogP contribution in [0.25, 0.3) is 0 Å². The van der Waals surface area contributed by atoms with Crippen molar-refractivity contribution < 1.29 is 14.7 Å². The molecule has 0 amide bonds. The Bertz CT molecular complexity index is 964. The molecule has 2 aromatic rings. The van der Waals surface area contributed by atoms with Crippen molar-refractivity contribution in [2.45, 2.75) is 51.0 Å². The molecular weight excluding hydrogens is 501 g/mol. The second kappa shape index (κ2) is 8.81. The normalized spacial score (nSPS) is 30.6. The number of hydrogen-bond acceptors (Lipinski definition) is 3. The summed E-state index contributed by atoms with van der Waals surface area (Å²) in [7, 11) is 1.83. The Morgan fingerprint density at radius 3 is 2.29 bits per heavy atom. The molecule has 166 valence electrons. The second-order valence-corrected chi connectivity index (χ2v) is 9.80. The van der Waals surface area contributed by atoms with Crippen molar-refractivity contribution in [1.29, 1.82) is 0 Å². The Morgan fingerprint density at radius 1 is 1.10 bits per heavy atom. The molecule has 4 nitrogen and oxygen atoms in total. The Balaban J connectivity index is 0.00000112. The number of aryl methyl sites for hydroxylation is 1. The zero-order valence-corrected chi connectivity index (χ0v) is 20.8. The smallest absolute Gasteiger partial charge is 0.209 e. The SMILES string of the molecule is CI.Cc1cc(C(=O)c2ccccc2)n(C)c1C(=O)CC1C2CC3CC1CC(O)(C3)C2. The number of carbonyl (C=O) groups excluding carboxylic acids is 2. The van der Waals surface area contributed by atoms with E-state index < -0.39 is 5.60 Å². The predicted molar refractivity (Wildman–Crippen MR) is 131 cm³/mol. The minimum absolute atomic E-state index is 0.0490. The molecule has 31 heavy (non-hydrogen) atoms. The van der Waals surface area contributed by atoms with E-state index >= 15 is 0 Å². The van der Waals surface area contributed by atoms with Crippen LogP contribution in [0.2, 0.25) is 0 Å². The van der Waals surface area contributed by atoms with Crippen LogP contribution in [0.4, 0.5) is 0 Å². The molecule has 4 aliphatic carbocycles. The van der Waals surface area contributed by atoms with Crippen LogP contribution >= 0.6 is 22.6 Å². The van der Waals surface area contributed by atoms with E-state index in [9.17, 15) is 14.7 Å². The zero-order valence-electron chi connectivity index (χ0n) is 18.6. The molecule has 1 heterocycles. The highest BCUT2D eigenvalue weighted by Crippen LogP contribution is 2.59. The van der Waals surface area contributed by atoms with Gasteiger partial charge in [0.1, 0.15) is 0 Å². The molecule has 0 saturated heterocycles. The topological polar surface area (TPSA) is 59.3 Å². The van der Waals surface area contributed by atoms with Crippen molar-refractivity contribution in [3.8, 4) is 0 Å². The third kappa shape index (κ3) is 4.15. The van der Waals surface area contributed by atoms with Crippen molar-refractivity contribution in [3.05, 3.63) is 58.9 Å². The lowest BCUT2D eigenvalue weighted by Crippen LogP contribution is -2.54. The predicted octanol–water partition coefficient (Wildman–Crippen LogP) is 5.38. The van der Waals surface area contributed by atoms with Crippen LogP contribution in [0.1, 0.15) is 70.6 Å². The Morgan fingerprint density at radius 2 is 1.71 bits per heavy atom. The number of aliphatic hydroxyl groups is 1. The molecule has 6 rings (SSSR count). The molecule has 1 N–H and O–H groups in total. The molecular formula is C26H32INO3. The highest BCUT2D eigenvalue weighted by molar-refractivity contribution is 14.1. The monoisotopic (exact) mass is 533 g/mol. The molecule has 5 heteroatoms. The summed E-state index contributed by atoms with van der Waals surface area (Å²) in [6, 6.07) is 11.1. The van der Waals surface area contributed by atoms with Gasteiger partial charge in [-0.05, 0) is 79.3 Å². The first kappa shape index (κ1) is 22.7. The minimum Gasteiger partial charge on any atom is -0.390 e. The molecule has 4 aliphatic rings. The Kier molecular flexibility index (Phi) is 6.46. The molecule has 4 fully saturated rings. The maximum absolute atomic E-state index is 13.3. The van der Waals surface area contributed by atoms with E-state index in [1.54, 1.807) is 4.57 Å². The summed E-state index contributed by atoms with van der Waals surface area (Å²) in [4.78, 5) is 28.2. The summed E-state index contributed by atoms with van der Waals surface area (Å²) < 4.78 is 1.79. The maximum atomic E-state index is 13.3. The number of nitrogens with zero attached hydrogens (tertiary/aromatic N) is 1. The van der Waals surface area contributed by atoms with Gasteiger partial charge in [0.15, 0.2) is 5.78 Å². The zero-order chi connectivity index (χ0) is 22.3. The summed E-state index contributed by atoms with van der Waals surface area (Å²) in [5.74, 6) is 2.06. The summed E-state index contributed by atoms with van der Waals surface area (Å²) in [6.45, 7) is 1.93. The van der Waals surface area contributed by atoms with Crippen LogP contribution in [0, 0.1) is 30.6 Å². The molecule has 2 atom stereocenters. The molecule has 0 radical (unpaired) electrons. The highest BCUT2D eigenvalue weighted by atomic mass is 127. The fourth-order valence-corrected chi connectivity index (χ4v) is 6.85. The molecule has 4 saturated carbocycles. The van der Waals surface area contributed by atoms with Crippen molar-refractivity contribution in [2.24, 2.45) is 30.7 Å². The van der Waals surface area contributed by atoms with Gasteiger partial charge in [0.2, 0.25) is 5.78 Å². The first-order chi connectivity index (χ1) is 14.8. The van der Waals surface area contributed by atoms with E-state index in [0.717, 1.165) is 24.8 Å². The molecule has 1 aromatic carbocycles. The van der Waals surface area contributed by atoms with Crippen LogP contribution in [-0.4, -0.2) is 31.8 Å². The van der Waals surface area contributed by atoms with Gasteiger partial charge >= 0.3 is 0 Å². The van der Waals surface area contributed by atoms with Gasteiger partial charge in [-0.15, -0.1) is 0 Å². The average molecular weight is 533 g/mol. The van der Waals surface area contributed by atoms with Crippen molar-refractivity contribution in [2.75, 3.05) is 4.93 Å². The van der Waals surface area contributed by atoms with Crippen molar-refractivity contribution in [1.82, 2.24) is 4.57 Å². The van der Waals surface area contributed by atoms with Crippen LogP contribution in [0.3, 0.4) is 0 Å². The van der Waals surface area contributed by atoms with Gasteiger partial charge in [-0.2, -0.15) is 0 Å². The molecule has 0 spiro atoms. The Labute approximate surface area is 198 Å². The number of rotatable bonds is 5. The van der Waals surface area contributed by atoms with Crippen LogP contribution in [0.5, 0.6) is 0 Å². The summed E-state index contributed by atoms with van der Waals surface area (Å²) in [6.07, 6.45) is 5.56. The fourth-order valence-electron chi connectivity index (χ4n) is 6.85. The van der Waals surface area contributed by atoms with Gasteiger partial charge in [-0.25, -0.2) is 0 Å².